The van der Waals surface area contributed by atoms with Gasteiger partial charge in [0, 0.05) is 6.54 Å². The Bertz CT molecular complexity index is 793. The number of aromatic nitrogens is 2. The Hall–Kier alpha value is -2.14. The molecular formula is C18H21N3O2. The molecule has 1 saturated carbocycles. The maximum Gasteiger partial charge on any atom is 0.255 e. The van der Waals surface area contributed by atoms with Gasteiger partial charge in [0.05, 0.1) is 23.8 Å². The first-order valence-electron chi connectivity index (χ1n) is 8.21. The number of H-pyrrole nitrogens is 1. The normalized spacial score (nSPS) is 18.8. The second kappa shape index (κ2) is 5.49. The minimum atomic E-state index is -0.150. The molecule has 5 nitrogen and oxygen atoms in total. The number of fused-ring (bicyclic) bond motifs is 1. The van der Waals surface area contributed by atoms with Crippen molar-refractivity contribution in [2.75, 3.05) is 13.7 Å². The molecule has 0 amide bonds. The first-order chi connectivity index (χ1) is 11.2. The topological polar surface area (TPSA) is 67.0 Å². The van der Waals surface area contributed by atoms with E-state index in [0.717, 1.165) is 55.1 Å². The highest BCUT2D eigenvalue weighted by atomic mass is 16.5. The number of ether oxygens (including phenoxy) is 1. The molecule has 0 saturated heterocycles. The number of rotatable bonds is 3. The Kier molecular flexibility index (Phi) is 3.45. The Morgan fingerprint density at radius 3 is 2.96 bits per heavy atom. The van der Waals surface area contributed by atoms with Gasteiger partial charge in [0.15, 0.2) is 0 Å². The van der Waals surface area contributed by atoms with Gasteiger partial charge in [0.2, 0.25) is 0 Å². The number of nitrogens with one attached hydrogen (secondary N) is 2. The largest absolute Gasteiger partial charge is 0.497 e. The molecule has 120 valence electrons. The summed E-state index contributed by atoms with van der Waals surface area (Å²) in [5.74, 6) is 1.66. The highest BCUT2D eigenvalue weighted by Gasteiger charge is 2.48. The van der Waals surface area contributed by atoms with E-state index >= 15 is 0 Å². The van der Waals surface area contributed by atoms with Gasteiger partial charge in [0.1, 0.15) is 11.6 Å². The molecule has 2 aromatic rings. The smallest absolute Gasteiger partial charge is 0.255 e. The predicted molar refractivity (Wildman–Crippen MR) is 87.9 cm³/mol. The summed E-state index contributed by atoms with van der Waals surface area (Å²) >= 11 is 0. The third-order valence-electron chi connectivity index (χ3n) is 5.00. The van der Waals surface area contributed by atoms with Gasteiger partial charge in [0.25, 0.3) is 5.56 Å². The van der Waals surface area contributed by atoms with Crippen LogP contribution in [0.3, 0.4) is 0 Å². The second-order valence-corrected chi connectivity index (χ2v) is 6.43. The number of aromatic amines is 1. The fourth-order valence-corrected chi connectivity index (χ4v) is 3.46. The highest BCUT2D eigenvalue weighted by molar-refractivity contribution is 5.43. The molecule has 1 aliphatic carbocycles. The van der Waals surface area contributed by atoms with Gasteiger partial charge in [-0.25, -0.2) is 4.98 Å². The van der Waals surface area contributed by atoms with Gasteiger partial charge >= 0.3 is 0 Å². The van der Waals surface area contributed by atoms with E-state index < -0.39 is 0 Å². The van der Waals surface area contributed by atoms with Crippen LogP contribution in [0.4, 0.5) is 0 Å². The highest BCUT2D eigenvalue weighted by Crippen LogP contribution is 2.52. The van der Waals surface area contributed by atoms with Crippen molar-refractivity contribution in [3.8, 4) is 5.75 Å². The number of hydrogen-bond acceptors (Lipinski definition) is 4. The molecule has 0 atom stereocenters. The molecular weight excluding hydrogens is 290 g/mol. The van der Waals surface area contributed by atoms with Gasteiger partial charge in [-0.3, -0.25) is 4.79 Å². The first kappa shape index (κ1) is 14.5. The van der Waals surface area contributed by atoms with Crippen molar-refractivity contribution in [2.24, 2.45) is 0 Å². The molecule has 4 rings (SSSR count). The van der Waals surface area contributed by atoms with Crippen LogP contribution in [0.2, 0.25) is 0 Å². The fraction of sp³-hybridized carbons (Fsp3) is 0.444. The quantitative estimate of drug-likeness (QED) is 0.908. The van der Waals surface area contributed by atoms with E-state index in [1.54, 1.807) is 7.11 Å². The maximum atomic E-state index is 12.5. The van der Waals surface area contributed by atoms with Gasteiger partial charge in [-0.2, -0.15) is 0 Å². The summed E-state index contributed by atoms with van der Waals surface area (Å²) in [6.07, 6.45) is 3.92. The van der Waals surface area contributed by atoms with Crippen LogP contribution in [0, 0.1) is 0 Å². The lowest BCUT2D eigenvalue weighted by molar-refractivity contribution is 0.414. The summed E-state index contributed by atoms with van der Waals surface area (Å²) in [7, 11) is 1.67. The van der Waals surface area contributed by atoms with E-state index in [-0.39, 0.29) is 11.0 Å². The average molecular weight is 311 g/mol. The molecule has 2 aliphatic rings. The molecule has 0 bridgehead atoms. The van der Waals surface area contributed by atoms with Crippen LogP contribution in [0.15, 0.2) is 29.1 Å². The number of aryl methyl sites for hydroxylation is 1. The molecule has 2 heterocycles. The van der Waals surface area contributed by atoms with Crippen LogP contribution >= 0.6 is 0 Å². The Labute approximate surface area is 135 Å². The predicted octanol–water partition coefficient (Wildman–Crippen LogP) is 1.89. The Balaban J connectivity index is 1.79. The third kappa shape index (κ3) is 2.45. The molecule has 0 radical (unpaired) electrons. The SMILES string of the molecule is COc1cccc(C2(c3nc4c(c(=O)[nH]3)CNCCC4)CC2)c1. The van der Waals surface area contributed by atoms with E-state index in [2.05, 4.69) is 22.4 Å². The second-order valence-electron chi connectivity index (χ2n) is 6.43. The van der Waals surface area contributed by atoms with E-state index in [9.17, 15) is 4.79 Å². The fourth-order valence-electron chi connectivity index (χ4n) is 3.46. The average Bonchev–Trinajstić information content (AvgIpc) is 3.39. The van der Waals surface area contributed by atoms with E-state index in [4.69, 9.17) is 9.72 Å². The molecule has 5 heteroatoms. The van der Waals surface area contributed by atoms with Crippen molar-refractivity contribution in [1.82, 2.24) is 15.3 Å². The van der Waals surface area contributed by atoms with Crippen LogP contribution in [0.25, 0.3) is 0 Å². The van der Waals surface area contributed by atoms with Crippen molar-refractivity contribution in [2.45, 2.75) is 37.6 Å². The lowest BCUT2D eigenvalue weighted by atomic mass is 9.94. The molecule has 23 heavy (non-hydrogen) atoms. The lowest BCUT2D eigenvalue weighted by Gasteiger charge is -2.17. The van der Waals surface area contributed by atoms with Crippen molar-refractivity contribution < 1.29 is 4.74 Å². The van der Waals surface area contributed by atoms with Crippen molar-refractivity contribution in [3.05, 3.63) is 57.3 Å². The van der Waals surface area contributed by atoms with E-state index in [1.165, 1.54) is 5.56 Å². The van der Waals surface area contributed by atoms with E-state index in [0.29, 0.717) is 6.54 Å². The Morgan fingerprint density at radius 2 is 2.17 bits per heavy atom. The van der Waals surface area contributed by atoms with Gasteiger partial charge in [-0.05, 0) is 49.9 Å². The van der Waals surface area contributed by atoms with Crippen LogP contribution in [-0.4, -0.2) is 23.6 Å². The standard InChI is InChI=1S/C18H21N3O2/c1-23-13-5-2-4-12(10-13)18(7-8-18)17-20-15-6-3-9-19-11-14(15)16(22)21-17/h2,4-5,10,19H,3,6-9,11H2,1H3,(H,20,21,22). The van der Waals surface area contributed by atoms with Crippen molar-refractivity contribution in [1.29, 1.82) is 0 Å². The molecule has 0 unspecified atom stereocenters. The number of hydrogen-bond donors (Lipinski definition) is 2. The van der Waals surface area contributed by atoms with Crippen LogP contribution in [-0.2, 0) is 18.4 Å². The zero-order valence-electron chi connectivity index (χ0n) is 13.3. The number of benzene rings is 1. The summed E-state index contributed by atoms with van der Waals surface area (Å²) in [6, 6.07) is 8.10. The lowest BCUT2D eigenvalue weighted by Crippen LogP contribution is -2.26. The van der Waals surface area contributed by atoms with Gasteiger partial charge in [-0.15, -0.1) is 0 Å². The monoisotopic (exact) mass is 311 g/mol. The molecule has 1 aromatic carbocycles. The zero-order chi connectivity index (χ0) is 15.9. The zero-order valence-corrected chi connectivity index (χ0v) is 13.3. The van der Waals surface area contributed by atoms with Crippen LogP contribution in [0.5, 0.6) is 5.75 Å². The minimum Gasteiger partial charge on any atom is -0.497 e. The van der Waals surface area contributed by atoms with Gasteiger partial charge < -0.3 is 15.0 Å². The maximum absolute atomic E-state index is 12.5. The summed E-state index contributed by atoms with van der Waals surface area (Å²) in [6.45, 7) is 1.55. The molecule has 2 N–H and O–H groups in total. The summed E-state index contributed by atoms with van der Waals surface area (Å²) < 4.78 is 5.34. The summed E-state index contributed by atoms with van der Waals surface area (Å²) in [5.41, 5.74) is 2.79. The van der Waals surface area contributed by atoms with Crippen molar-refractivity contribution in [3.63, 3.8) is 0 Å². The molecule has 1 fully saturated rings. The number of nitrogens with zero attached hydrogens (tertiary/aromatic N) is 1. The molecule has 1 aromatic heterocycles. The van der Waals surface area contributed by atoms with E-state index in [1.807, 2.05) is 12.1 Å². The van der Waals surface area contributed by atoms with Crippen LogP contribution < -0.4 is 15.6 Å². The summed E-state index contributed by atoms with van der Waals surface area (Å²) in [5, 5.41) is 3.29. The minimum absolute atomic E-state index is 0.00794. The van der Waals surface area contributed by atoms with Gasteiger partial charge in [-0.1, -0.05) is 12.1 Å². The molecule has 0 spiro atoms. The Morgan fingerprint density at radius 1 is 1.30 bits per heavy atom. The first-order valence-corrected chi connectivity index (χ1v) is 8.21. The molecule has 1 aliphatic heterocycles. The summed E-state index contributed by atoms with van der Waals surface area (Å²) in [4.78, 5) is 20.4. The van der Waals surface area contributed by atoms with Crippen LogP contribution in [0.1, 0.15) is 41.9 Å². The number of methoxy groups -OCH3 is 1. The van der Waals surface area contributed by atoms with Crippen molar-refractivity contribution >= 4 is 0 Å². The third-order valence-corrected chi connectivity index (χ3v) is 5.00.